The van der Waals surface area contributed by atoms with Gasteiger partial charge >= 0.3 is 0 Å². The highest BCUT2D eigenvalue weighted by Gasteiger charge is 2.46. The molecule has 2 aliphatic heterocycles. The van der Waals surface area contributed by atoms with Crippen LogP contribution in [0.4, 0.5) is 0 Å². The fourth-order valence-corrected chi connectivity index (χ4v) is 12.0. The number of aryl methyl sites for hydroxylation is 2. The van der Waals surface area contributed by atoms with Crippen LogP contribution in [0, 0.1) is 23.7 Å². The number of allylic oxidation sites excluding steroid dienone is 18. The molecule has 0 aromatic carbocycles. The van der Waals surface area contributed by atoms with E-state index in [2.05, 4.69) is 122 Å². The van der Waals surface area contributed by atoms with Crippen molar-refractivity contribution in [2.45, 2.75) is 88.3 Å². The van der Waals surface area contributed by atoms with Crippen molar-refractivity contribution in [3.05, 3.63) is 187 Å². The first-order valence-corrected chi connectivity index (χ1v) is 22.0. The first kappa shape index (κ1) is 33.5. The lowest BCUT2D eigenvalue weighted by Gasteiger charge is -2.27. The van der Waals surface area contributed by atoms with Gasteiger partial charge in [-0.05, 0) is 145 Å². The van der Waals surface area contributed by atoms with Gasteiger partial charge in [-0.3, -0.25) is 0 Å². The lowest BCUT2D eigenvalue weighted by molar-refractivity contribution is 0.173. The number of rotatable bonds is 4. The van der Waals surface area contributed by atoms with Crippen LogP contribution >= 0.6 is 0 Å². The molecule has 2 aromatic rings. The van der Waals surface area contributed by atoms with E-state index < -0.39 is 0 Å². The summed E-state index contributed by atoms with van der Waals surface area (Å²) >= 11 is 0. The summed E-state index contributed by atoms with van der Waals surface area (Å²) in [6, 6.07) is 0. The molecule has 0 fully saturated rings. The highest BCUT2D eigenvalue weighted by Crippen LogP contribution is 2.54. The van der Waals surface area contributed by atoms with Crippen LogP contribution < -0.4 is 0 Å². The fraction of sp³-hybridized carbons (Fsp3) is 0.333. The second-order valence-corrected chi connectivity index (χ2v) is 18.2. The third-order valence-electron chi connectivity index (χ3n) is 15.1. The van der Waals surface area contributed by atoms with Crippen molar-refractivity contribution in [3.8, 4) is 0 Å². The molecule has 9 aliphatic carbocycles. The summed E-state index contributed by atoms with van der Waals surface area (Å²) in [7, 11) is 0. The molecule has 0 amide bonds. The third-order valence-corrected chi connectivity index (χ3v) is 15.1. The molecule has 4 nitrogen and oxygen atoms in total. The van der Waals surface area contributed by atoms with Crippen molar-refractivity contribution in [3.63, 3.8) is 0 Å². The number of fused-ring (bicyclic) bond motifs is 12. The molecule has 2 aromatic heterocycles. The zero-order valence-corrected chi connectivity index (χ0v) is 32.9. The van der Waals surface area contributed by atoms with Gasteiger partial charge in [0.05, 0.1) is 11.8 Å². The summed E-state index contributed by atoms with van der Waals surface area (Å²) in [4.78, 5) is 0. The molecule has 0 spiro atoms. The van der Waals surface area contributed by atoms with Gasteiger partial charge in [0.2, 0.25) is 0 Å². The van der Waals surface area contributed by atoms with Crippen LogP contribution in [0.2, 0.25) is 0 Å². The van der Waals surface area contributed by atoms with Crippen molar-refractivity contribution < 1.29 is 18.3 Å². The SMILES string of the molecule is C1=CCC(C2C=CC3=C(C2)C2c4oc5c(c4C=CC2O3)C=C(C2=CC=C(C3=Cc4c(oc6c4C=CC4OC7=C(CC(C8C=CC=CC8)C=C7)C64)CC3)CC2)CC5)C=C1. The molecule has 0 radical (unpaired) electrons. The van der Waals surface area contributed by atoms with Gasteiger partial charge in [-0.2, -0.15) is 0 Å². The Labute approximate surface area is 340 Å². The molecule has 58 heavy (non-hydrogen) atoms. The number of furan rings is 2. The Morgan fingerprint density at radius 3 is 1.36 bits per heavy atom. The normalized spacial score (nSPS) is 32.8. The van der Waals surface area contributed by atoms with E-state index in [4.69, 9.17) is 18.3 Å². The van der Waals surface area contributed by atoms with E-state index in [0.29, 0.717) is 23.7 Å². The Hall–Kier alpha value is -5.48. The van der Waals surface area contributed by atoms with Crippen molar-refractivity contribution in [1.29, 1.82) is 0 Å². The van der Waals surface area contributed by atoms with Crippen molar-refractivity contribution in [1.82, 2.24) is 0 Å². The number of hydrogen-bond acceptors (Lipinski definition) is 4. The summed E-state index contributed by atoms with van der Waals surface area (Å²) in [5.74, 6) is 9.12. The molecule has 8 atom stereocenters. The molecule has 0 N–H and O–H groups in total. The molecular formula is C54H48O4. The van der Waals surface area contributed by atoms with Crippen LogP contribution in [0.25, 0.3) is 24.3 Å². The van der Waals surface area contributed by atoms with E-state index in [1.165, 1.54) is 55.7 Å². The molecule has 13 rings (SSSR count). The minimum absolute atomic E-state index is 0.0277. The van der Waals surface area contributed by atoms with Gasteiger partial charge in [0.1, 0.15) is 46.8 Å². The smallest absolute Gasteiger partial charge is 0.131 e. The van der Waals surface area contributed by atoms with E-state index in [-0.39, 0.29) is 24.0 Å². The largest absolute Gasteiger partial charge is 0.485 e. The summed E-state index contributed by atoms with van der Waals surface area (Å²) < 4.78 is 26.7. The zero-order valence-electron chi connectivity index (χ0n) is 32.9. The molecule has 0 bridgehead atoms. The molecule has 11 aliphatic rings. The first-order valence-electron chi connectivity index (χ1n) is 22.0. The van der Waals surface area contributed by atoms with Crippen LogP contribution in [0.3, 0.4) is 0 Å². The quantitative estimate of drug-likeness (QED) is 0.311. The standard InChI is InChI=1S/C54H48O4/c1-3-7-31(8-4-1)37-17-23-47-43(29-37)51-49(55-47)25-19-39-41-27-35(15-21-45(41)57-53(39)51)33-11-13-34(14-12-33)36-16-22-46-42(28-36)40-20-26-50-52(54(40)58-46)44-30-38(18-24-48(44)56-50)32-9-5-2-6-10-32/h1-7,9,11,13,17-20,23-28,31-32,37-38,49-52H,8,10,12,14-16,21-22,29-30H2. The third kappa shape index (κ3) is 5.19. The molecule has 0 saturated heterocycles. The molecular weight excluding hydrogens is 713 g/mol. The molecule has 288 valence electrons. The van der Waals surface area contributed by atoms with Gasteiger partial charge in [-0.15, -0.1) is 0 Å². The maximum absolute atomic E-state index is 6.82. The maximum Gasteiger partial charge on any atom is 0.131 e. The highest BCUT2D eigenvalue weighted by atomic mass is 16.5. The average molecular weight is 761 g/mol. The Morgan fingerprint density at radius 2 is 0.914 bits per heavy atom. The minimum Gasteiger partial charge on any atom is -0.485 e. The Kier molecular flexibility index (Phi) is 7.51. The summed E-state index contributed by atoms with van der Waals surface area (Å²) in [5.41, 5.74) is 13.9. The zero-order chi connectivity index (χ0) is 37.9. The average Bonchev–Trinajstić information content (AvgIpc) is 4.05. The molecule has 4 heterocycles. The lowest BCUT2D eigenvalue weighted by atomic mass is 9.75. The predicted molar refractivity (Wildman–Crippen MR) is 230 cm³/mol. The summed E-state index contributed by atoms with van der Waals surface area (Å²) in [6.07, 6.45) is 56.7. The summed E-state index contributed by atoms with van der Waals surface area (Å²) in [6.45, 7) is 0. The Balaban J connectivity index is 0.750. The maximum atomic E-state index is 6.82. The number of ether oxygens (including phenoxy) is 2. The van der Waals surface area contributed by atoms with Crippen LogP contribution in [0.15, 0.2) is 151 Å². The Morgan fingerprint density at radius 1 is 0.431 bits per heavy atom. The lowest BCUT2D eigenvalue weighted by Crippen LogP contribution is -2.20. The predicted octanol–water partition coefficient (Wildman–Crippen LogP) is 12.8. The van der Waals surface area contributed by atoms with Crippen LogP contribution in [-0.2, 0) is 22.3 Å². The van der Waals surface area contributed by atoms with Crippen LogP contribution in [0.1, 0.15) is 108 Å². The van der Waals surface area contributed by atoms with E-state index in [1.54, 1.807) is 0 Å². The van der Waals surface area contributed by atoms with Crippen molar-refractivity contribution in [2.24, 2.45) is 23.7 Å². The van der Waals surface area contributed by atoms with E-state index >= 15 is 0 Å². The van der Waals surface area contributed by atoms with E-state index in [9.17, 15) is 0 Å². The molecule has 4 heteroatoms. The van der Waals surface area contributed by atoms with Gasteiger partial charge in [0.15, 0.2) is 0 Å². The second-order valence-electron chi connectivity index (χ2n) is 18.2. The topological polar surface area (TPSA) is 44.7 Å². The van der Waals surface area contributed by atoms with Gasteiger partial charge in [0.25, 0.3) is 0 Å². The van der Waals surface area contributed by atoms with Crippen molar-refractivity contribution >= 4 is 24.3 Å². The minimum atomic E-state index is 0.0277. The van der Waals surface area contributed by atoms with Crippen LogP contribution in [-0.4, -0.2) is 12.2 Å². The molecule has 8 unspecified atom stereocenters. The molecule has 0 saturated carbocycles. The van der Waals surface area contributed by atoms with Gasteiger partial charge < -0.3 is 18.3 Å². The fourth-order valence-electron chi connectivity index (χ4n) is 12.0. The van der Waals surface area contributed by atoms with E-state index in [1.807, 2.05) is 0 Å². The number of hydrogen-bond donors (Lipinski definition) is 0. The second kappa shape index (κ2) is 13.0. The van der Waals surface area contributed by atoms with Crippen molar-refractivity contribution in [2.75, 3.05) is 0 Å². The monoisotopic (exact) mass is 760 g/mol. The van der Waals surface area contributed by atoms with Crippen LogP contribution in [0.5, 0.6) is 0 Å². The van der Waals surface area contributed by atoms with E-state index in [0.717, 1.165) is 98.8 Å². The van der Waals surface area contributed by atoms with Gasteiger partial charge in [-0.25, -0.2) is 0 Å². The van der Waals surface area contributed by atoms with Gasteiger partial charge in [-0.1, -0.05) is 85.1 Å². The Bertz CT molecular complexity index is 2440. The first-order chi connectivity index (χ1) is 28.7. The highest BCUT2D eigenvalue weighted by molar-refractivity contribution is 5.78. The van der Waals surface area contributed by atoms with Gasteiger partial charge in [0, 0.05) is 35.1 Å². The summed E-state index contributed by atoms with van der Waals surface area (Å²) in [5, 5.41) is 0.